The molecule has 9 heteroatoms. The second kappa shape index (κ2) is 10.7. The van der Waals surface area contributed by atoms with Crippen LogP contribution in [0.25, 0.3) is 6.08 Å². The molecule has 0 spiro atoms. The number of halogens is 3. The van der Waals surface area contributed by atoms with E-state index in [1.807, 2.05) is 45.0 Å². The molecule has 1 heterocycles. The van der Waals surface area contributed by atoms with Crippen molar-refractivity contribution in [3.63, 3.8) is 0 Å². The number of nitrogens with zero attached hydrogens (tertiary/aromatic N) is 2. The number of phenolic OH excluding ortho intramolecular Hbond substituents is 1. The van der Waals surface area contributed by atoms with Crippen LogP contribution in [0, 0.1) is 13.8 Å². The number of hydrogen-bond donors (Lipinski definition) is 1. The van der Waals surface area contributed by atoms with Gasteiger partial charge in [-0.3, -0.25) is 9.69 Å². The molecule has 3 aromatic rings. The van der Waals surface area contributed by atoms with E-state index in [1.54, 1.807) is 30.3 Å². The largest absolute Gasteiger partial charge is 0.503 e. The number of thioether (sulfide) groups is 1. The molecule has 1 aliphatic rings. The Morgan fingerprint density at radius 1 is 1.09 bits per heavy atom. The molecular formula is C26H21BrCl2N2O3S. The second-order valence-electron chi connectivity index (χ2n) is 7.80. The van der Waals surface area contributed by atoms with Crippen LogP contribution in [0.5, 0.6) is 11.5 Å². The van der Waals surface area contributed by atoms with Crippen LogP contribution in [0.15, 0.2) is 62.9 Å². The van der Waals surface area contributed by atoms with Gasteiger partial charge in [-0.2, -0.15) is 0 Å². The highest BCUT2D eigenvalue weighted by Gasteiger charge is 2.35. The molecule has 1 N–H and O–H groups in total. The quantitative estimate of drug-likeness (QED) is 0.303. The Bertz CT molecular complexity index is 1390. The molecule has 4 rings (SSSR count). The van der Waals surface area contributed by atoms with E-state index in [-0.39, 0.29) is 11.7 Å². The van der Waals surface area contributed by atoms with Crippen LogP contribution in [-0.4, -0.2) is 22.8 Å². The molecule has 0 saturated carbocycles. The van der Waals surface area contributed by atoms with Crippen LogP contribution in [0.3, 0.4) is 0 Å². The number of benzene rings is 3. The Balaban J connectivity index is 1.81. The van der Waals surface area contributed by atoms with Crippen LogP contribution >= 0.6 is 50.9 Å². The number of amides is 1. The average molecular weight is 592 g/mol. The number of amidine groups is 1. The first kappa shape index (κ1) is 25.6. The summed E-state index contributed by atoms with van der Waals surface area (Å²) in [6, 6.07) is 14.4. The van der Waals surface area contributed by atoms with Crippen molar-refractivity contribution in [1.82, 2.24) is 0 Å². The Kier molecular flexibility index (Phi) is 7.81. The highest BCUT2D eigenvalue weighted by Crippen LogP contribution is 2.41. The number of carbonyl (C=O) groups is 1. The number of anilines is 1. The topological polar surface area (TPSA) is 62.1 Å². The molecule has 0 atom stereocenters. The van der Waals surface area contributed by atoms with E-state index in [0.29, 0.717) is 53.9 Å². The lowest BCUT2D eigenvalue weighted by molar-refractivity contribution is -0.113. The summed E-state index contributed by atoms with van der Waals surface area (Å²) in [5.41, 5.74) is 3.78. The maximum absolute atomic E-state index is 13.6. The third-order valence-corrected chi connectivity index (χ3v) is 7.64. The average Bonchev–Trinajstić information content (AvgIpc) is 3.10. The van der Waals surface area contributed by atoms with Crippen molar-refractivity contribution in [3.8, 4) is 11.5 Å². The summed E-state index contributed by atoms with van der Waals surface area (Å²) >= 11 is 17.3. The summed E-state index contributed by atoms with van der Waals surface area (Å²) in [7, 11) is 0. The van der Waals surface area contributed by atoms with Crippen LogP contribution in [0.4, 0.5) is 11.4 Å². The SMILES string of the molecule is CCOc1cc(/C=C2/SC(=Nc3ccc(C)c(Cl)c3)N(c3ccc(C)c(Cl)c3)C2=O)cc(Br)c1O. The van der Waals surface area contributed by atoms with Crippen LogP contribution in [0.2, 0.25) is 10.0 Å². The lowest BCUT2D eigenvalue weighted by atomic mass is 10.1. The Labute approximate surface area is 226 Å². The summed E-state index contributed by atoms with van der Waals surface area (Å²) in [6.45, 7) is 6.05. The molecule has 0 radical (unpaired) electrons. The van der Waals surface area contributed by atoms with Gasteiger partial charge in [0.2, 0.25) is 0 Å². The number of aryl methyl sites for hydroxylation is 2. The van der Waals surface area contributed by atoms with Gasteiger partial charge in [0.15, 0.2) is 16.7 Å². The Morgan fingerprint density at radius 2 is 1.77 bits per heavy atom. The first-order valence-electron chi connectivity index (χ1n) is 10.7. The fraction of sp³-hybridized carbons (Fsp3) is 0.154. The van der Waals surface area contributed by atoms with Crippen molar-refractivity contribution >= 4 is 79.4 Å². The van der Waals surface area contributed by atoms with E-state index in [1.165, 1.54) is 16.7 Å². The minimum Gasteiger partial charge on any atom is -0.503 e. The van der Waals surface area contributed by atoms with E-state index < -0.39 is 0 Å². The maximum Gasteiger partial charge on any atom is 0.271 e. The highest BCUT2D eigenvalue weighted by molar-refractivity contribution is 9.10. The predicted molar refractivity (Wildman–Crippen MR) is 150 cm³/mol. The van der Waals surface area contributed by atoms with Gasteiger partial charge in [-0.05, 0) is 108 Å². The van der Waals surface area contributed by atoms with Gasteiger partial charge < -0.3 is 9.84 Å². The molecule has 1 saturated heterocycles. The number of ether oxygens (including phenoxy) is 1. The van der Waals surface area contributed by atoms with Gasteiger partial charge in [0.25, 0.3) is 5.91 Å². The van der Waals surface area contributed by atoms with Crippen molar-refractivity contribution in [3.05, 3.63) is 84.6 Å². The number of rotatable bonds is 5. The molecule has 1 fully saturated rings. The number of carbonyl (C=O) groups excluding carboxylic acids is 1. The fourth-order valence-electron chi connectivity index (χ4n) is 3.35. The normalized spacial score (nSPS) is 15.9. The summed E-state index contributed by atoms with van der Waals surface area (Å²) in [5, 5.41) is 11.9. The maximum atomic E-state index is 13.6. The molecule has 0 unspecified atom stereocenters. The third kappa shape index (κ3) is 5.54. The molecule has 35 heavy (non-hydrogen) atoms. The zero-order valence-corrected chi connectivity index (χ0v) is 23.0. The van der Waals surface area contributed by atoms with Crippen LogP contribution < -0.4 is 9.64 Å². The van der Waals surface area contributed by atoms with Crippen molar-refractivity contribution in [2.24, 2.45) is 4.99 Å². The molecule has 0 aliphatic carbocycles. The Hall–Kier alpha value is -2.45. The molecule has 0 bridgehead atoms. The van der Waals surface area contributed by atoms with Crippen molar-refractivity contribution in [1.29, 1.82) is 0 Å². The van der Waals surface area contributed by atoms with Gasteiger partial charge in [0.05, 0.1) is 27.4 Å². The summed E-state index contributed by atoms with van der Waals surface area (Å²) in [6.07, 6.45) is 1.74. The van der Waals surface area contributed by atoms with Gasteiger partial charge in [0, 0.05) is 10.0 Å². The van der Waals surface area contributed by atoms with Crippen LogP contribution in [-0.2, 0) is 4.79 Å². The minimum absolute atomic E-state index is 0.00817. The number of hydrogen-bond acceptors (Lipinski definition) is 5. The van der Waals surface area contributed by atoms with Gasteiger partial charge in [0.1, 0.15) is 0 Å². The van der Waals surface area contributed by atoms with Gasteiger partial charge in [-0.15, -0.1) is 0 Å². The van der Waals surface area contributed by atoms with E-state index in [9.17, 15) is 9.90 Å². The molecule has 1 aliphatic heterocycles. The molecule has 3 aromatic carbocycles. The number of phenols is 1. The lowest BCUT2D eigenvalue weighted by Gasteiger charge is -2.16. The molecule has 180 valence electrons. The third-order valence-electron chi connectivity index (χ3n) is 5.25. The van der Waals surface area contributed by atoms with Crippen LogP contribution in [0.1, 0.15) is 23.6 Å². The van der Waals surface area contributed by atoms with E-state index in [4.69, 9.17) is 32.9 Å². The minimum atomic E-state index is -0.242. The number of aromatic hydroxyl groups is 1. The highest BCUT2D eigenvalue weighted by atomic mass is 79.9. The molecule has 5 nitrogen and oxygen atoms in total. The van der Waals surface area contributed by atoms with Crippen molar-refractivity contribution in [2.45, 2.75) is 20.8 Å². The summed E-state index contributed by atoms with van der Waals surface area (Å²) in [5.74, 6) is 0.0948. The van der Waals surface area contributed by atoms with Crippen molar-refractivity contribution < 1.29 is 14.6 Å². The first-order chi connectivity index (χ1) is 16.7. The predicted octanol–water partition coefficient (Wildman–Crippen LogP) is 8.29. The zero-order valence-electron chi connectivity index (χ0n) is 19.1. The van der Waals surface area contributed by atoms with E-state index >= 15 is 0 Å². The molecule has 0 aromatic heterocycles. The van der Waals surface area contributed by atoms with E-state index in [2.05, 4.69) is 15.9 Å². The zero-order chi connectivity index (χ0) is 25.3. The summed E-state index contributed by atoms with van der Waals surface area (Å²) in [4.78, 5) is 20.3. The van der Waals surface area contributed by atoms with Gasteiger partial charge >= 0.3 is 0 Å². The summed E-state index contributed by atoms with van der Waals surface area (Å²) < 4.78 is 5.99. The Morgan fingerprint density at radius 3 is 2.43 bits per heavy atom. The lowest BCUT2D eigenvalue weighted by Crippen LogP contribution is -2.28. The van der Waals surface area contributed by atoms with E-state index in [0.717, 1.165) is 11.1 Å². The van der Waals surface area contributed by atoms with Gasteiger partial charge in [-0.25, -0.2) is 4.99 Å². The molecular weight excluding hydrogens is 571 g/mol. The molecule has 1 amide bonds. The number of aliphatic imine (C=N–C) groups is 1. The van der Waals surface area contributed by atoms with Crippen molar-refractivity contribution in [2.75, 3.05) is 11.5 Å². The fourth-order valence-corrected chi connectivity index (χ4v) is 5.16. The first-order valence-corrected chi connectivity index (χ1v) is 13.0. The smallest absolute Gasteiger partial charge is 0.271 e. The second-order valence-corrected chi connectivity index (χ2v) is 10.5. The standard InChI is InChI=1S/C26H21BrCl2N2O3S/c1-4-34-22-10-16(9-19(27)24(22)32)11-23-25(33)31(18-8-6-15(3)21(29)13-18)26(35-23)30-17-7-5-14(2)20(28)12-17/h5-13,32H,4H2,1-3H3/b23-11+,30-26?. The monoisotopic (exact) mass is 590 g/mol. The van der Waals surface area contributed by atoms with Gasteiger partial charge in [-0.1, -0.05) is 35.3 Å².